The highest BCUT2D eigenvalue weighted by molar-refractivity contribution is 5.98. The Morgan fingerprint density at radius 3 is 2.39 bits per heavy atom. The molecule has 0 aromatic heterocycles. The van der Waals surface area contributed by atoms with Crippen molar-refractivity contribution in [3.63, 3.8) is 0 Å². The number of carbonyl (C=O) groups is 2. The maximum absolute atomic E-state index is 12.3. The van der Waals surface area contributed by atoms with E-state index in [0.717, 1.165) is 18.6 Å². The van der Waals surface area contributed by atoms with Crippen LogP contribution in [0.3, 0.4) is 0 Å². The normalized spacial score (nSPS) is 17.5. The van der Waals surface area contributed by atoms with Gasteiger partial charge in [-0.3, -0.25) is 9.59 Å². The van der Waals surface area contributed by atoms with Gasteiger partial charge >= 0.3 is 0 Å². The van der Waals surface area contributed by atoms with E-state index in [1.165, 1.54) is 26.9 Å². The molecule has 0 unspecified atom stereocenters. The Balaban J connectivity index is 2.00. The lowest BCUT2D eigenvalue weighted by molar-refractivity contribution is -0.125. The van der Waals surface area contributed by atoms with Gasteiger partial charge in [-0.2, -0.15) is 0 Å². The number of hydrogen-bond acceptors (Lipinski definition) is 4. The van der Waals surface area contributed by atoms with E-state index < -0.39 is 11.4 Å². The molecule has 1 fully saturated rings. The van der Waals surface area contributed by atoms with E-state index in [0.29, 0.717) is 5.56 Å². The summed E-state index contributed by atoms with van der Waals surface area (Å²) in [4.78, 5) is 23.8. The van der Waals surface area contributed by atoms with Crippen molar-refractivity contribution in [1.29, 1.82) is 0 Å². The van der Waals surface area contributed by atoms with Crippen molar-refractivity contribution >= 4 is 11.8 Å². The minimum Gasteiger partial charge on any atom is -0.490 e. The number of carbonyl (C=O) groups excluding carboxylic acids is 2. The van der Waals surface area contributed by atoms with E-state index in [9.17, 15) is 9.59 Å². The number of amides is 2. The highest BCUT2D eigenvalue weighted by Gasteiger charge is 2.33. The average molecular weight is 320 g/mol. The van der Waals surface area contributed by atoms with Crippen LogP contribution in [0.4, 0.5) is 0 Å². The summed E-state index contributed by atoms with van der Waals surface area (Å²) >= 11 is 0. The van der Waals surface area contributed by atoms with Crippen molar-refractivity contribution in [2.45, 2.75) is 44.2 Å². The Hall–Kier alpha value is -2.08. The lowest BCUT2D eigenvalue weighted by Gasteiger charge is -2.26. The van der Waals surface area contributed by atoms with Gasteiger partial charge in [-0.25, -0.2) is 0 Å². The van der Waals surface area contributed by atoms with Crippen molar-refractivity contribution in [1.82, 2.24) is 5.32 Å². The predicted molar refractivity (Wildman–Crippen MR) is 86.3 cm³/mol. The van der Waals surface area contributed by atoms with Crippen LogP contribution < -0.4 is 15.8 Å². The van der Waals surface area contributed by atoms with Gasteiger partial charge in [-0.1, -0.05) is 0 Å². The van der Waals surface area contributed by atoms with Gasteiger partial charge in [0.15, 0.2) is 0 Å². The Labute approximate surface area is 136 Å². The molecule has 1 aromatic carbocycles. The molecule has 0 bridgehead atoms. The van der Waals surface area contributed by atoms with Crippen molar-refractivity contribution in [3.8, 4) is 5.75 Å². The van der Waals surface area contributed by atoms with Gasteiger partial charge in [0.2, 0.25) is 5.91 Å². The molecule has 126 valence electrons. The first-order chi connectivity index (χ1) is 10.9. The van der Waals surface area contributed by atoms with E-state index >= 15 is 0 Å². The average Bonchev–Trinajstić information content (AvgIpc) is 3.01. The maximum atomic E-state index is 12.3. The van der Waals surface area contributed by atoms with Crippen LogP contribution in [0.5, 0.6) is 5.75 Å². The van der Waals surface area contributed by atoms with Gasteiger partial charge in [0.05, 0.1) is 12.7 Å². The molecule has 2 rings (SSSR count). The highest BCUT2D eigenvalue weighted by atomic mass is 16.5. The molecule has 1 aliphatic carbocycles. The summed E-state index contributed by atoms with van der Waals surface area (Å²) in [6.45, 7) is 1.55. The molecule has 0 radical (unpaired) electrons. The molecule has 1 aromatic rings. The van der Waals surface area contributed by atoms with Gasteiger partial charge in [0.25, 0.3) is 5.91 Å². The number of nitrogens with one attached hydrogen (secondary N) is 1. The first-order valence-corrected chi connectivity index (χ1v) is 7.83. The molecular formula is C17H24N2O4. The molecule has 0 heterocycles. The third-order valence-electron chi connectivity index (χ3n) is 4.09. The summed E-state index contributed by atoms with van der Waals surface area (Å²) in [5, 5.41) is 2.62. The number of benzene rings is 1. The van der Waals surface area contributed by atoms with Gasteiger partial charge in [-0.05, 0) is 56.9 Å². The Morgan fingerprint density at radius 1 is 1.26 bits per heavy atom. The van der Waals surface area contributed by atoms with E-state index in [-0.39, 0.29) is 18.6 Å². The summed E-state index contributed by atoms with van der Waals surface area (Å²) in [6.07, 6.45) is 4.84. The first-order valence-electron chi connectivity index (χ1n) is 7.83. The molecule has 0 spiro atoms. The second-order valence-electron chi connectivity index (χ2n) is 6.13. The summed E-state index contributed by atoms with van der Waals surface area (Å²) in [6, 6.07) is 6.89. The predicted octanol–water partition coefficient (Wildman–Crippen LogP) is 1.63. The summed E-state index contributed by atoms with van der Waals surface area (Å²) in [5.74, 6) is -0.271. The van der Waals surface area contributed by atoms with Crippen LogP contribution in [-0.4, -0.2) is 37.2 Å². The minimum absolute atomic E-state index is 0.0109. The molecule has 23 heavy (non-hydrogen) atoms. The van der Waals surface area contributed by atoms with Crippen LogP contribution in [0, 0.1) is 0 Å². The molecule has 3 N–H and O–H groups in total. The van der Waals surface area contributed by atoms with Crippen molar-refractivity contribution in [3.05, 3.63) is 29.8 Å². The standard InChI is InChI=1S/C17H24N2O4/c1-17(11-22-2,16(18)21)19-15(20)12-7-9-14(10-8-12)23-13-5-3-4-6-13/h7-10,13H,3-6,11H2,1-2H3,(H2,18,21)(H,19,20)/t17-/m1/s1. The number of rotatable bonds is 7. The lowest BCUT2D eigenvalue weighted by Crippen LogP contribution is -2.58. The summed E-state index contributed by atoms with van der Waals surface area (Å²) in [5.41, 5.74) is 4.54. The second-order valence-corrected chi connectivity index (χ2v) is 6.13. The minimum atomic E-state index is -1.25. The Morgan fingerprint density at radius 2 is 1.87 bits per heavy atom. The number of methoxy groups -OCH3 is 1. The third-order valence-corrected chi connectivity index (χ3v) is 4.09. The van der Waals surface area contributed by atoms with Crippen LogP contribution in [0.15, 0.2) is 24.3 Å². The number of nitrogens with two attached hydrogens (primary N) is 1. The van der Waals surface area contributed by atoms with E-state index in [1.807, 2.05) is 0 Å². The third kappa shape index (κ3) is 4.45. The molecule has 1 saturated carbocycles. The molecule has 2 amide bonds. The number of primary amides is 1. The zero-order valence-corrected chi connectivity index (χ0v) is 13.6. The fraction of sp³-hybridized carbons (Fsp3) is 0.529. The van der Waals surface area contributed by atoms with Crippen LogP contribution in [0.2, 0.25) is 0 Å². The molecule has 1 atom stereocenters. The van der Waals surface area contributed by atoms with E-state index in [1.54, 1.807) is 24.3 Å². The van der Waals surface area contributed by atoms with Gasteiger partial charge < -0.3 is 20.5 Å². The summed E-state index contributed by atoms with van der Waals surface area (Å²) in [7, 11) is 1.45. The van der Waals surface area contributed by atoms with Gasteiger partial charge in [-0.15, -0.1) is 0 Å². The fourth-order valence-corrected chi connectivity index (χ4v) is 2.66. The van der Waals surface area contributed by atoms with Crippen LogP contribution in [0.1, 0.15) is 43.0 Å². The lowest BCUT2D eigenvalue weighted by atomic mass is 10.0. The van der Waals surface area contributed by atoms with Crippen LogP contribution in [0.25, 0.3) is 0 Å². The van der Waals surface area contributed by atoms with Crippen molar-refractivity contribution < 1.29 is 19.1 Å². The molecule has 6 heteroatoms. The molecular weight excluding hydrogens is 296 g/mol. The quantitative estimate of drug-likeness (QED) is 0.799. The Kier molecular flexibility index (Phi) is 5.60. The van der Waals surface area contributed by atoms with Gasteiger partial charge in [0, 0.05) is 12.7 Å². The van der Waals surface area contributed by atoms with Crippen molar-refractivity contribution in [2.24, 2.45) is 5.73 Å². The zero-order valence-electron chi connectivity index (χ0n) is 13.6. The van der Waals surface area contributed by atoms with Gasteiger partial charge in [0.1, 0.15) is 11.3 Å². The number of hydrogen-bond donors (Lipinski definition) is 2. The molecule has 1 aliphatic rings. The smallest absolute Gasteiger partial charge is 0.252 e. The Bertz CT molecular complexity index is 552. The number of ether oxygens (including phenoxy) is 2. The van der Waals surface area contributed by atoms with Crippen LogP contribution >= 0.6 is 0 Å². The first kappa shape index (κ1) is 17.3. The molecule has 0 saturated heterocycles. The molecule has 6 nitrogen and oxygen atoms in total. The van der Waals surface area contributed by atoms with E-state index in [2.05, 4.69) is 5.32 Å². The SMILES string of the molecule is COC[C@@](C)(NC(=O)c1ccc(OC2CCCC2)cc1)C(N)=O. The van der Waals surface area contributed by atoms with E-state index in [4.69, 9.17) is 15.2 Å². The molecule has 0 aliphatic heterocycles. The maximum Gasteiger partial charge on any atom is 0.252 e. The monoisotopic (exact) mass is 320 g/mol. The van der Waals surface area contributed by atoms with Crippen LogP contribution in [-0.2, 0) is 9.53 Å². The second kappa shape index (κ2) is 7.46. The van der Waals surface area contributed by atoms with Crippen molar-refractivity contribution in [2.75, 3.05) is 13.7 Å². The largest absolute Gasteiger partial charge is 0.490 e. The fourth-order valence-electron chi connectivity index (χ4n) is 2.66. The topological polar surface area (TPSA) is 90.7 Å². The highest BCUT2D eigenvalue weighted by Crippen LogP contribution is 2.24. The zero-order chi connectivity index (χ0) is 16.9. The summed E-state index contributed by atoms with van der Waals surface area (Å²) < 4.78 is 10.8.